The molecule has 0 aromatic heterocycles. The second kappa shape index (κ2) is 17.4. The number of hydrogen-bond acceptors (Lipinski definition) is 5. The van der Waals surface area contributed by atoms with Gasteiger partial charge in [-0.15, -0.1) is 0 Å². The predicted molar refractivity (Wildman–Crippen MR) is 157 cm³/mol. The molecule has 0 radical (unpaired) electrons. The van der Waals surface area contributed by atoms with Crippen LogP contribution in [0.2, 0.25) is 0 Å². The molecule has 0 saturated carbocycles. The van der Waals surface area contributed by atoms with E-state index in [2.05, 4.69) is 42.2 Å². The quantitative estimate of drug-likeness (QED) is 0.0771. The zero-order valence-electron chi connectivity index (χ0n) is 23.4. The minimum atomic E-state index is -0.534. The van der Waals surface area contributed by atoms with Gasteiger partial charge < -0.3 is 4.74 Å². The molecule has 0 bridgehead atoms. The number of hydroxylamine groups is 1. The molecular formula is C33H44N2O4. The van der Waals surface area contributed by atoms with E-state index in [1.54, 1.807) is 17.6 Å². The largest absolute Gasteiger partial charge is 0.464 e. The first-order valence-corrected chi connectivity index (χ1v) is 14.5. The number of carbonyl (C=O) groups excluding carboxylic acids is 2. The Balaban J connectivity index is 1.48. The summed E-state index contributed by atoms with van der Waals surface area (Å²) >= 11 is 0. The lowest BCUT2D eigenvalue weighted by Crippen LogP contribution is -2.28. The topological polar surface area (TPSA) is 78.9 Å². The van der Waals surface area contributed by atoms with Crippen LogP contribution < -0.4 is 5.48 Å². The fourth-order valence-corrected chi connectivity index (χ4v) is 4.83. The van der Waals surface area contributed by atoms with Gasteiger partial charge in [-0.2, -0.15) is 0 Å². The molecule has 0 aliphatic heterocycles. The van der Waals surface area contributed by atoms with E-state index in [9.17, 15) is 9.59 Å². The Kier molecular flexibility index (Phi) is 13.5. The summed E-state index contributed by atoms with van der Waals surface area (Å²) in [5.41, 5.74) is 4.28. The van der Waals surface area contributed by atoms with E-state index in [0.717, 1.165) is 18.4 Å². The molecule has 6 nitrogen and oxygen atoms in total. The van der Waals surface area contributed by atoms with Crippen LogP contribution in [-0.4, -0.2) is 35.1 Å². The van der Waals surface area contributed by atoms with Gasteiger partial charge in [0.25, 0.3) is 5.91 Å². The number of ether oxygens (including phenoxy) is 1. The molecule has 3 aromatic carbocycles. The highest BCUT2D eigenvalue weighted by Crippen LogP contribution is 2.18. The third-order valence-corrected chi connectivity index (χ3v) is 7.10. The second-order valence-corrected chi connectivity index (χ2v) is 10.3. The number of nitrogens with zero attached hydrogens (tertiary/aromatic N) is 1. The average Bonchev–Trinajstić information content (AvgIpc) is 2.96. The van der Waals surface area contributed by atoms with Crippen molar-refractivity contribution in [1.29, 1.82) is 0 Å². The van der Waals surface area contributed by atoms with Gasteiger partial charge in [0.2, 0.25) is 0 Å². The van der Waals surface area contributed by atoms with E-state index in [0.29, 0.717) is 38.2 Å². The Morgan fingerprint density at radius 2 is 1.38 bits per heavy atom. The summed E-state index contributed by atoms with van der Waals surface area (Å²) in [6.45, 7) is 4.54. The van der Waals surface area contributed by atoms with Crippen molar-refractivity contribution in [3.63, 3.8) is 0 Å². The minimum absolute atomic E-state index is 0.122. The first-order chi connectivity index (χ1) is 19.1. The minimum Gasteiger partial charge on any atom is -0.464 e. The van der Waals surface area contributed by atoms with Gasteiger partial charge in [0.05, 0.1) is 0 Å². The molecule has 0 aliphatic carbocycles. The van der Waals surface area contributed by atoms with E-state index in [1.807, 2.05) is 24.3 Å². The normalized spacial score (nSPS) is 11.2. The maximum Gasteiger partial charge on any atom is 0.305 e. The van der Waals surface area contributed by atoms with Crippen molar-refractivity contribution in [2.24, 2.45) is 0 Å². The molecule has 0 saturated heterocycles. The van der Waals surface area contributed by atoms with Crippen molar-refractivity contribution in [3.05, 3.63) is 83.4 Å². The van der Waals surface area contributed by atoms with E-state index in [1.165, 1.54) is 61.3 Å². The summed E-state index contributed by atoms with van der Waals surface area (Å²) in [6.07, 6.45) is 11.5. The molecule has 1 amide bonds. The summed E-state index contributed by atoms with van der Waals surface area (Å²) in [6, 6.07) is 21.9. The van der Waals surface area contributed by atoms with Crippen LogP contribution >= 0.6 is 0 Å². The fraction of sp³-hybridized carbons (Fsp3) is 0.455. The van der Waals surface area contributed by atoms with E-state index in [4.69, 9.17) is 9.94 Å². The van der Waals surface area contributed by atoms with Crippen LogP contribution in [0, 0.1) is 0 Å². The number of nitrogens with one attached hydrogen (secondary N) is 1. The highest BCUT2D eigenvalue weighted by molar-refractivity contribution is 5.93. The van der Waals surface area contributed by atoms with E-state index >= 15 is 0 Å². The summed E-state index contributed by atoms with van der Waals surface area (Å²) in [7, 11) is 0. The lowest BCUT2D eigenvalue weighted by molar-refractivity contribution is -0.144. The van der Waals surface area contributed by atoms with E-state index in [-0.39, 0.29) is 5.97 Å². The van der Waals surface area contributed by atoms with Gasteiger partial charge in [-0.05, 0) is 46.5 Å². The molecule has 0 unspecified atom stereocenters. The number of benzene rings is 3. The lowest BCUT2D eigenvalue weighted by Gasteiger charge is -2.23. The summed E-state index contributed by atoms with van der Waals surface area (Å²) in [5, 5.41) is 11.3. The first-order valence-electron chi connectivity index (χ1n) is 14.5. The molecule has 6 heteroatoms. The number of carbonyl (C=O) groups is 2. The van der Waals surface area contributed by atoms with Crippen molar-refractivity contribution in [2.45, 2.75) is 84.2 Å². The Morgan fingerprint density at radius 3 is 2.08 bits per heavy atom. The van der Waals surface area contributed by atoms with Crippen LogP contribution in [0.15, 0.2) is 66.7 Å². The number of rotatable bonds is 18. The van der Waals surface area contributed by atoms with Crippen LogP contribution in [0.1, 0.15) is 92.6 Å². The Bertz CT molecular complexity index is 1150. The molecule has 210 valence electrons. The van der Waals surface area contributed by atoms with E-state index < -0.39 is 5.91 Å². The summed E-state index contributed by atoms with van der Waals surface area (Å²) < 4.78 is 5.59. The van der Waals surface area contributed by atoms with Crippen LogP contribution in [0.5, 0.6) is 0 Å². The maximum absolute atomic E-state index is 12.3. The summed E-state index contributed by atoms with van der Waals surface area (Å²) in [5.74, 6) is -0.656. The number of hydrogen-bond donors (Lipinski definition) is 2. The second-order valence-electron chi connectivity index (χ2n) is 10.3. The monoisotopic (exact) mass is 532 g/mol. The van der Waals surface area contributed by atoms with Crippen molar-refractivity contribution in [2.75, 3.05) is 13.2 Å². The molecular weight excluding hydrogens is 488 g/mol. The number of amides is 1. The molecule has 0 spiro atoms. The van der Waals surface area contributed by atoms with Crippen molar-refractivity contribution < 1.29 is 19.5 Å². The maximum atomic E-state index is 12.3. The first kappa shape index (κ1) is 30.3. The average molecular weight is 533 g/mol. The van der Waals surface area contributed by atoms with Crippen LogP contribution in [0.25, 0.3) is 10.8 Å². The third-order valence-electron chi connectivity index (χ3n) is 7.10. The predicted octanol–water partition coefficient (Wildman–Crippen LogP) is 7.43. The van der Waals surface area contributed by atoms with Gasteiger partial charge in [-0.1, -0.05) is 107 Å². The molecule has 3 rings (SSSR count). The van der Waals surface area contributed by atoms with Crippen LogP contribution in [0.3, 0.4) is 0 Å². The number of esters is 1. The standard InChI is InChI=1S/C33H44N2O4/c1-2-3-4-5-6-7-8-9-10-15-32(36)39-23-22-35(25-27-16-20-30(21-17-27)33(37)34-38)26-28-18-19-29-13-11-12-14-31(29)24-28/h11-14,16-21,24,38H,2-10,15,22-23,25-26H2,1H3,(H,34,37). The van der Waals surface area contributed by atoms with Gasteiger partial charge in [0.1, 0.15) is 6.61 Å². The van der Waals surface area contributed by atoms with Crippen molar-refractivity contribution in [1.82, 2.24) is 10.4 Å². The molecule has 0 fully saturated rings. The van der Waals surface area contributed by atoms with Gasteiger partial charge in [0.15, 0.2) is 0 Å². The molecule has 2 N–H and O–H groups in total. The summed E-state index contributed by atoms with van der Waals surface area (Å²) in [4.78, 5) is 26.2. The highest BCUT2D eigenvalue weighted by atomic mass is 16.5. The highest BCUT2D eigenvalue weighted by Gasteiger charge is 2.11. The SMILES string of the molecule is CCCCCCCCCCCC(=O)OCCN(Cc1ccc(C(=O)NO)cc1)Cc1ccc2ccccc2c1. The Hall–Kier alpha value is -3.22. The molecule has 3 aromatic rings. The third kappa shape index (κ3) is 11.2. The zero-order chi connectivity index (χ0) is 27.7. The number of unbranched alkanes of at least 4 members (excludes halogenated alkanes) is 8. The van der Waals surface area contributed by atoms with Crippen LogP contribution in [0.4, 0.5) is 0 Å². The van der Waals surface area contributed by atoms with Gasteiger partial charge in [-0.25, -0.2) is 5.48 Å². The Labute approximate surface area is 233 Å². The van der Waals surface area contributed by atoms with Gasteiger partial charge >= 0.3 is 5.97 Å². The molecule has 39 heavy (non-hydrogen) atoms. The molecule has 0 atom stereocenters. The number of fused-ring (bicyclic) bond motifs is 1. The lowest BCUT2D eigenvalue weighted by atomic mass is 10.1. The van der Waals surface area contributed by atoms with Crippen LogP contribution in [-0.2, 0) is 22.6 Å². The zero-order valence-corrected chi connectivity index (χ0v) is 23.4. The fourth-order valence-electron chi connectivity index (χ4n) is 4.83. The van der Waals surface area contributed by atoms with Crippen molar-refractivity contribution in [3.8, 4) is 0 Å². The van der Waals surface area contributed by atoms with Gasteiger partial charge in [0, 0.05) is 31.6 Å². The van der Waals surface area contributed by atoms with Gasteiger partial charge in [-0.3, -0.25) is 19.7 Å². The molecule has 0 heterocycles. The Morgan fingerprint density at radius 1 is 0.769 bits per heavy atom. The molecule has 0 aliphatic rings. The van der Waals surface area contributed by atoms with Crippen molar-refractivity contribution >= 4 is 22.6 Å². The smallest absolute Gasteiger partial charge is 0.305 e.